The first kappa shape index (κ1) is 20.9. The average molecular weight is 399 g/mol. The number of nitrogens with zero attached hydrogens (tertiary/aromatic N) is 4. The molecule has 0 aliphatic carbocycles. The number of benzene rings is 1. The van der Waals surface area contributed by atoms with Gasteiger partial charge < -0.3 is 24.6 Å². The summed E-state index contributed by atoms with van der Waals surface area (Å²) in [7, 11) is 3.24. The van der Waals surface area contributed by atoms with Crippen LogP contribution in [0.2, 0.25) is 0 Å². The Bertz CT molecular complexity index is 822. The van der Waals surface area contributed by atoms with E-state index in [4.69, 9.17) is 9.47 Å². The molecule has 29 heavy (non-hydrogen) atoms. The Morgan fingerprint density at radius 3 is 2.55 bits per heavy atom. The zero-order valence-corrected chi connectivity index (χ0v) is 17.4. The molecule has 0 saturated carbocycles. The summed E-state index contributed by atoms with van der Waals surface area (Å²) in [6, 6.07) is 7.52. The summed E-state index contributed by atoms with van der Waals surface area (Å²) >= 11 is 0. The molecule has 1 aliphatic rings. The summed E-state index contributed by atoms with van der Waals surface area (Å²) in [5, 5.41) is 3.20. The Morgan fingerprint density at radius 2 is 1.86 bits per heavy atom. The fraction of sp³-hybridized carbons (Fsp3) is 0.476. The van der Waals surface area contributed by atoms with Gasteiger partial charge in [-0.3, -0.25) is 4.79 Å². The van der Waals surface area contributed by atoms with E-state index >= 15 is 0 Å². The van der Waals surface area contributed by atoms with E-state index in [1.165, 1.54) is 0 Å². The molecule has 0 radical (unpaired) electrons. The van der Waals surface area contributed by atoms with Gasteiger partial charge in [0, 0.05) is 38.9 Å². The summed E-state index contributed by atoms with van der Waals surface area (Å²) in [6.45, 7) is 7.08. The highest BCUT2D eigenvalue weighted by Crippen LogP contribution is 2.27. The fourth-order valence-electron chi connectivity index (χ4n) is 3.35. The minimum absolute atomic E-state index is 0.0360. The van der Waals surface area contributed by atoms with Crippen molar-refractivity contribution < 1.29 is 14.3 Å². The zero-order chi connectivity index (χ0) is 20.6. The van der Waals surface area contributed by atoms with Crippen LogP contribution in [0, 0.1) is 0 Å². The van der Waals surface area contributed by atoms with Crippen molar-refractivity contribution >= 4 is 11.9 Å². The standard InChI is InChI=1S/C21H29N5O3/c1-4-25-11-13-26(14-12-25)20(27)17-8-10-23-21(24-17)22-9-7-16-5-6-18(28-2)19(15-16)29-3/h5-6,8,10,15H,4,7,9,11-14H2,1-3H3,(H,22,23,24). The number of likely N-dealkylation sites (N-methyl/N-ethyl adjacent to an activating group) is 1. The highest BCUT2D eigenvalue weighted by atomic mass is 16.5. The minimum atomic E-state index is -0.0360. The summed E-state index contributed by atoms with van der Waals surface area (Å²) in [6.07, 6.45) is 2.39. The van der Waals surface area contributed by atoms with Crippen molar-refractivity contribution in [2.75, 3.05) is 58.8 Å². The van der Waals surface area contributed by atoms with Gasteiger partial charge in [0.25, 0.3) is 5.91 Å². The molecule has 1 N–H and O–H groups in total. The third kappa shape index (κ3) is 5.35. The van der Waals surface area contributed by atoms with Gasteiger partial charge >= 0.3 is 0 Å². The van der Waals surface area contributed by atoms with E-state index in [9.17, 15) is 4.79 Å². The van der Waals surface area contributed by atoms with E-state index < -0.39 is 0 Å². The maximum Gasteiger partial charge on any atom is 0.272 e. The molecule has 8 nitrogen and oxygen atoms in total. The van der Waals surface area contributed by atoms with Gasteiger partial charge in [0.15, 0.2) is 11.5 Å². The molecule has 156 valence electrons. The van der Waals surface area contributed by atoms with Crippen LogP contribution in [0.1, 0.15) is 23.0 Å². The smallest absolute Gasteiger partial charge is 0.272 e. The van der Waals surface area contributed by atoms with Crippen LogP contribution in [0.25, 0.3) is 0 Å². The van der Waals surface area contributed by atoms with E-state index in [2.05, 4.69) is 27.1 Å². The van der Waals surface area contributed by atoms with Gasteiger partial charge in [-0.25, -0.2) is 9.97 Å². The number of rotatable bonds is 8. The monoisotopic (exact) mass is 399 g/mol. The fourth-order valence-corrected chi connectivity index (χ4v) is 3.35. The van der Waals surface area contributed by atoms with Gasteiger partial charge in [0.1, 0.15) is 5.69 Å². The Hall–Kier alpha value is -2.87. The van der Waals surface area contributed by atoms with Gasteiger partial charge in [0.2, 0.25) is 5.95 Å². The van der Waals surface area contributed by atoms with Crippen LogP contribution in [0.15, 0.2) is 30.5 Å². The molecule has 0 atom stereocenters. The summed E-state index contributed by atoms with van der Waals surface area (Å²) in [4.78, 5) is 25.6. The van der Waals surface area contributed by atoms with Crippen molar-refractivity contribution in [3.8, 4) is 11.5 Å². The molecule has 1 saturated heterocycles. The first-order valence-corrected chi connectivity index (χ1v) is 9.94. The zero-order valence-electron chi connectivity index (χ0n) is 17.4. The number of hydrogen-bond acceptors (Lipinski definition) is 7. The Labute approximate surface area is 171 Å². The number of aromatic nitrogens is 2. The van der Waals surface area contributed by atoms with E-state index in [1.54, 1.807) is 26.5 Å². The Balaban J connectivity index is 1.55. The molecule has 2 aromatic rings. The number of carbonyl (C=O) groups is 1. The number of carbonyl (C=O) groups excluding carboxylic acids is 1. The van der Waals surface area contributed by atoms with Crippen LogP contribution in [0.3, 0.4) is 0 Å². The van der Waals surface area contributed by atoms with Crippen molar-refractivity contribution in [1.82, 2.24) is 19.8 Å². The lowest BCUT2D eigenvalue weighted by molar-refractivity contribution is 0.0637. The molecular weight excluding hydrogens is 370 g/mol. The molecule has 1 aliphatic heterocycles. The minimum Gasteiger partial charge on any atom is -0.493 e. The third-order valence-electron chi connectivity index (χ3n) is 5.13. The van der Waals surface area contributed by atoms with Crippen LogP contribution >= 0.6 is 0 Å². The number of methoxy groups -OCH3 is 2. The highest BCUT2D eigenvalue weighted by molar-refractivity contribution is 5.92. The van der Waals surface area contributed by atoms with E-state index in [1.807, 2.05) is 23.1 Å². The quantitative estimate of drug-likeness (QED) is 0.726. The van der Waals surface area contributed by atoms with Crippen LogP contribution < -0.4 is 14.8 Å². The predicted octanol–water partition coefficient (Wildman–Crippen LogP) is 1.93. The SMILES string of the molecule is CCN1CCN(C(=O)c2ccnc(NCCc3ccc(OC)c(OC)c3)n2)CC1. The van der Waals surface area contributed by atoms with Crippen LogP contribution in [-0.2, 0) is 6.42 Å². The summed E-state index contributed by atoms with van der Waals surface area (Å²) in [5.41, 5.74) is 1.54. The maximum absolute atomic E-state index is 12.7. The molecule has 2 heterocycles. The van der Waals surface area contributed by atoms with Crippen LogP contribution in [0.5, 0.6) is 11.5 Å². The van der Waals surface area contributed by atoms with Crippen molar-refractivity contribution in [1.29, 1.82) is 0 Å². The lowest BCUT2D eigenvalue weighted by Gasteiger charge is -2.33. The third-order valence-corrected chi connectivity index (χ3v) is 5.13. The average Bonchev–Trinajstić information content (AvgIpc) is 2.78. The lowest BCUT2D eigenvalue weighted by Crippen LogP contribution is -2.48. The molecular formula is C21H29N5O3. The topological polar surface area (TPSA) is 79.8 Å². The number of nitrogens with one attached hydrogen (secondary N) is 1. The molecule has 0 unspecified atom stereocenters. The second kappa shape index (κ2) is 10.1. The Kier molecular flexibility index (Phi) is 7.24. The van der Waals surface area contributed by atoms with E-state index in [0.29, 0.717) is 29.7 Å². The van der Waals surface area contributed by atoms with Gasteiger partial charge in [0.05, 0.1) is 14.2 Å². The number of piperazine rings is 1. The number of hydrogen-bond donors (Lipinski definition) is 1. The second-order valence-electron chi connectivity index (χ2n) is 6.86. The van der Waals surface area contributed by atoms with E-state index in [0.717, 1.165) is 44.7 Å². The van der Waals surface area contributed by atoms with Crippen molar-refractivity contribution in [3.63, 3.8) is 0 Å². The van der Waals surface area contributed by atoms with Gasteiger partial charge in [-0.1, -0.05) is 13.0 Å². The molecule has 0 spiro atoms. The van der Waals surface area contributed by atoms with E-state index in [-0.39, 0.29) is 5.91 Å². The van der Waals surface area contributed by atoms with Crippen molar-refractivity contribution in [2.45, 2.75) is 13.3 Å². The molecule has 1 fully saturated rings. The molecule has 1 amide bonds. The Morgan fingerprint density at radius 1 is 1.10 bits per heavy atom. The van der Waals surface area contributed by atoms with Gasteiger partial charge in [-0.15, -0.1) is 0 Å². The highest BCUT2D eigenvalue weighted by Gasteiger charge is 2.22. The first-order valence-electron chi connectivity index (χ1n) is 9.94. The second-order valence-corrected chi connectivity index (χ2v) is 6.86. The largest absolute Gasteiger partial charge is 0.493 e. The maximum atomic E-state index is 12.7. The summed E-state index contributed by atoms with van der Waals surface area (Å²) in [5.74, 6) is 1.84. The predicted molar refractivity (Wildman–Crippen MR) is 112 cm³/mol. The number of anilines is 1. The molecule has 1 aromatic carbocycles. The molecule has 0 bridgehead atoms. The van der Waals surface area contributed by atoms with Gasteiger partial charge in [-0.05, 0) is 36.7 Å². The number of amides is 1. The van der Waals surface area contributed by atoms with Gasteiger partial charge in [-0.2, -0.15) is 0 Å². The molecule has 8 heteroatoms. The number of ether oxygens (including phenoxy) is 2. The lowest BCUT2D eigenvalue weighted by atomic mass is 10.1. The van der Waals surface area contributed by atoms with Crippen LogP contribution in [-0.4, -0.2) is 79.2 Å². The molecule has 1 aromatic heterocycles. The van der Waals surface area contributed by atoms with Crippen molar-refractivity contribution in [3.05, 3.63) is 41.7 Å². The first-order chi connectivity index (χ1) is 14.1. The van der Waals surface area contributed by atoms with Crippen LogP contribution in [0.4, 0.5) is 5.95 Å². The normalized spacial score (nSPS) is 14.5. The van der Waals surface area contributed by atoms with Crippen molar-refractivity contribution in [2.24, 2.45) is 0 Å². The summed E-state index contributed by atoms with van der Waals surface area (Å²) < 4.78 is 10.6. The molecule has 3 rings (SSSR count).